The topological polar surface area (TPSA) is 17.1 Å². The van der Waals surface area contributed by atoms with Crippen molar-refractivity contribution in [1.82, 2.24) is 0 Å². The van der Waals surface area contributed by atoms with Crippen molar-refractivity contribution >= 4 is 19.7 Å². The standard InChI is InChI=1S/C13H9O.BrH.Pd/c14-10-12-8-4-5-9-13(12)11-6-2-1-3-7-11;;/h1-9H;1H;/q-1;;+2/p-1. The van der Waals surface area contributed by atoms with E-state index >= 15 is 0 Å². The maximum atomic E-state index is 10.7. The van der Waals surface area contributed by atoms with E-state index in [9.17, 15) is 4.79 Å². The molecule has 2 aromatic rings. The van der Waals surface area contributed by atoms with Gasteiger partial charge in [0.25, 0.3) is 0 Å². The molecule has 0 spiro atoms. The molecule has 0 N–H and O–H groups in total. The first-order chi connectivity index (χ1) is 7.92. The number of benzene rings is 2. The fraction of sp³-hybridized carbons (Fsp3) is 0. The van der Waals surface area contributed by atoms with Crippen LogP contribution >= 0.6 is 13.4 Å². The molecule has 0 aliphatic carbocycles. The van der Waals surface area contributed by atoms with Gasteiger partial charge in [0.1, 0.15) is 0 Å². The second-order valence-electron chi connectivity index (χ2n) is 3.01. The van der Waals surface area contributed by atoms with Gasteiger partial charge < -0.3 is 4.79 Å². The molecule has 16 heavy (non-hydrogen) atoms. The minimum absolute atomic E-state index is 0.610. The third-order valence-electron chi connectivity index (χ3n) is 2.12. The molecule has 0 atom stereocenters. The monoisotopic (exact) mass is 366 g/mol. The third-order valence-corrected chi connectivity index (χ3v) is 2.12. The molecule has 0 unspecified atom stereocenters. The predicted molar refractivity (Wildman–Crippen MR) is 65.6 cm³/mol. The summed E-state index contributed by atoms with van der Waals surface area (Å²) in [7, 11) is 0. The molecule has 0 saturated carbocycles. The van der Waals surface area contributed by atoms with E-state index in [0.29, 0.717) is 5.56 Å². The quantitative estimate of drug-likeness (QED) is 0.585. The SMILES string of the molecule is O=[C-]c1ccccc1-c1ccccc1.[Br][Pd+]. The summed E-state index contributed by atoms with van der Waals surface area (Å²) in [6, 6.07) is 17.3. The number of rotatable bonds is 2. The second kappa shape index (κ2) is 7.51. The van der Waals surface area contributed by atoms with E-state index in [4.69, 9.17) is 0 Å². The summed E-state index contributed by atoms with van der Waals surface area (Å²) in [5.41, 5.74) is 2.59. The Morgan fingerprint density at radius 3 is 2.06 bits per heavy atom. The van der Waals surface area contributed by atoms with E-state index in [1.54, 1.807) is 6.07 Å². The van der Waals surface area contributed by atoms with Crippen LogP contribution in [0.5, 0.6) is 0 Å². The summed E-state index contributed by atoms with van der Waals surface area (Å²) in [5.74, 6) is 0. The minimum atomic E-state index is 0.610. The molecule has 0 radical (unpaired) electrons. The van der Waals surface area contributed by atoms with Gasteiger partial charge in [-0.1, -0.05) is 42.0 Å². The molecule has 2 rings (SSSR count). The average molecular weight is 368 g/mol. The van der Waals surface area contributed by atoms with Crippen molar-refractivity contribution in [3.8, 4) is 11.1 Å². The van der Waals surface area contributed by atoms with Crippen LogP contribution in [0.15, 0.2) is 54.6 Å². The summed E-state index contributed by atoms with van der Waals surface area (Å²) >= 11 is 5.35. The molecule has 0 fully saturated rings. The van der Waals surface area contributed by atoms with Crippen LogP contribution in [0.3, 0.4) is 0 Å². The van der Waals surface area contributed by atoms with Gasteiger partial charge >= 0.3 is 30.6 Å². The van der Waals surface area contributed by atoms with Crippen LogP contribution in [0.25, 0.3) is 11.1 Å². The summed E-state index contributed by atoms with van der Waals surface area (Å²) < 4.78 is 0. The summed E-state index contributed by atoms with van der Waals surface area (Å²) in [6.45, 7) is 0. The number of carbonyl (C=O) groups excluding carboxylic acids is 1. The summed E-state index contributed by atoms with van der Waals surface area (Å²) in [5, 5.41) is 0. The molecule has 0 bridgehead atoms. The maximum absolute atomic E-state index is 10.7. The number of hydrogen-bond acceptors (Lipinski definition) is 1. The Bertz CT molecular complexity index is 443. The fourth-order valence-corrected chi connectivity index (χ4v) is 1.44. The zero-order valence-electron chi connectivity index (χ0n) is 8.30. The van der Waals surface area contributed by atoms with Crippen molar-refractivity contribution < 1.29 is 22.0 Å². The van der Waals surface area contributed by atoms with Crippen LogP contribution in [0.1, 0.15) is 5.56 Å². The van der Waals surface area contributed by atoms with Gasteiger partial charge in [-0.15, -0.1) is 23.3 Å². The Balaban J connectivity index is 0.000000606. The molecule has 0 aromatic heterocycles. The van der Waals surface area contributed by atoms with Gasteiger partial charge in [-0.3, -0.25) is 0 Å². The molecule has 0 aliphatic heterocycles. The Hall–Kier alpha value is -0.748. The van der Waals surface area contributed by atoms with Gasteiger partial charge in [0, 0.05) is 0 Å². The van der Waals surface area contributed by atoms with Gasteiger partial charge in [0.15, 0.2) is 0 Å². The van der Waals surface area contributed by atoms with Gasteiger partial charge in [0.2, 0.25) is 0 Å². The van der Waals surface area contributed by atoms with Crippen LogP contribution in [-0.2, 0) is 22.0 Å². The second-order valence-corrected chi connectivity index (χ2v) is 3.01. The average Bonchev–Trinajstić information content (AvgIpc) is 2.42. The zero-order valence-corrected chi connectivity index (χ0v) is 11.4. The molecule has 0 amide bonds. The van der Waals surface area contributed by atoms with E-state index in [1.807, 2.05) is 54.8 Å². The third kappa shape index (κ3) is 3.38. The summed E-state index contributed by atoms with van der Waals surface area (Å²) in [6.07, 6.45) is 1.94. The van der Waals surface area contributed by atoms with E-state index in [1.165, 1.54) is 0 Å². The van der Waals surface area contributed by atoms with E-state index in [2.05, 4.69) is 30.6 Å². The van der Waals surface area contributed by atoms with Gasteiger partial charge in [-0.2, -0.15) is 6.07 Å². The first-order valence-electron chi connectivity index (χ1n) is 4.56. The van der Waals surface area contributed by atoms with E-state index < -0.39 is 0 Å². The zero-order chi connectivity index (χ0) is 11.8. The van der Waals surface area contributed by atoms with Crippen molar-refractivity contribution in [2.24, 2.45) is 0 Å². The molecule has 0 saturated heterocycles. The Labute approximate surface area is 113 Å². The van der Waals surface area contributed by atoms with Gasteiger partial charge in [-0.25, -0.2) is 0 Å². The van der Waals surface area contributed by atoms with Gasteiger partial charge in [0.05, 0.1) is 6.29 Å². The predicted octanol–water partition coefficient (Wildman–Crippen LogP) is 3.65. The Kier molecular flexibility index (Phi) is 6.25. The molecule has 84 valence electrons. The first kappa shape index (κ1) is 13.3. The van der Waals surface area contributed by atoms with Crippen LogP contribution in [0.2, 0.25) is 0 Å². The molecule has 0 aliphatic rings. The van der Waals surface area contributed by atoms with Crippen molar-refractivity contribution in [3.05, 3.63) is 60.2 Å². The normalized spacial score (nSPS) is 8.94. The van der Waals surface area contributed by atoms with Crippen LogP contribution < -0.4 is 0 Å². The fourth-order valence-electron chi connectivity index (χ4n) is 1.44. The molecule has 2 aromatic carbocycles. The van der Waals surface area contributed by atoms with E-state index in [-0.39, 0.29) is 0 Å². The molecular formula is C13H9BrOPd. The number of hydrogen-bond donors (Lipinski definition) is 0. The van der Waals surface area contributed by atoms with Crippen LogP contribution in [0, 0.1) is 0 Å². The van der Waals surface area contributed by atoms with Gasteiger partial charge in [-0.05, 0) is 0 Å². The molecule has 0 heterocycles. The van der Waals surface area contributed by atoms with E-state index in [0.717, 1.165) is 11.1 Å². The Morgan fingerprint density at radius 2 is 1.44 bits per heavy atom. The number of halogens is 1. The van der Waals surface area contributed by atoms with Crippen molar-refractivity contribution in [3.63, 3.8) is 0 Å². The van der Waals surface area contributed by atoms with Crippen molar-refractivity contribution in [2.45, 2.75) is 0 Å². The van der Waals surface area contributed by atoms with Crippen LogP contribution in [0.4, 0.5) is 0 Å². The van der Waals surface area contributed by atoms with Crippen LogP contribution in [-0.4, -0.2) is 6.29 Å². The summed E-state index contributed by atoms with van der Waals surface area (Å²) in [4.78, 5) is 10.7. The van der Waals surface area contributed by atoms with Crippen molar-refractivity contribution in [1.29, 1.82) is 0 Å². The Morgan fingerprint density at radius 1 is 0.875 bits per heavy atom. The molecule has 3 heteroatoms. The first-order valence-corrected chi connectivity index (χ1v) is 8.12. The molecule has 1 nitrogen and oxygen atoms in total. The van der Waals surface area contributed by atoms with Crippen molar-refractivity contribution in [2.75, 3.05) is 0 Å². The molecular weight excluding hydrogens is 358 g/mol.